The van der Waals surface area contributed by atoms with Crippen LogP contribution in [-0.4, -0.2) is 11.3 Å². The van der Waals surface area contributed by atoms with E-state index in [0.717, 1.165) is 21.7 Å². The highest BCUT2D eigenvalue weighted by Gasteiger charge is 2.24. The zero-order chi connectivity index (χ0) is 26.8. The van der Waals surface area contributed by atoms with Gasteiger partial charge >= 0.3 is 0 Å². The molecule has 192 valence electrons. The van der Waals surface area contributed by atoms with Gasteiger partial charge in [0.1, 0.15) is 5.75 Å². The van der Waals surface area contributed by atoms with Gasteiger partial charge in [0, 0.05) is 27.1 Å². The van der Waals surface area contributed by atoms with Crippen molar-refractivity contribution in [2.75, 3.05) is 0 Å². The third-order valence-electron chi connectivity index (χ3n) is 6.55. The molecule has 2 nitrogen and oxygen atoms in total. The molecule has 0 amide bonds. The monoisotopic (exact) mass is 501 g/mol. The molecule has 0 bridgehead atoms. The van der Waals surface area contributed by atoms with Crippen LogP contribution < -0.4 is 0 Å². The lowest BCUT2D eigenvalue weighted by molar-refractivity contribution is 0.444. The summed E-state index contributed by atoms with van der Waals surface area (Å²) in [5, 5.41) is 11.2. The quantitative estimate of drug-likeness (QED) is 0.341. The fourth-order valence-electron chi connectivity index (χ4n) is 4.26. The maximum absolute atomic E-state index is 11.2. The molecule has 0 aromatic heterocycles. The molecular formula is C33H43NOS. The van der Waals surface area contributed by atoms with Gasteiger partial charge in [-0.05, 0) is 57.6 Å². The van der Waals surface area contributed by atoms with E-state index < -0.39 is 0 Å². The first-order valence-electron chi connectivity index (χ1n) is 13.0. The van der Waals surface area contributed by atoms with Crippen LogP contribution in [0.3, 0.4) is 0 Å². The van der Waals surface area contributed by atoms with Gasteiger partial charge < -0.3 is 5.11 Å². The largest absolute Gasteiger partial charge is 0.507 e. The molecule has 0 heterocycles. The Hall–Kier alpha value is -2.52. The summed E-state index contributed by atoms with van der Waals surface area (Å²) in [5.41, 5.74) is 6.36. The summed E-state index contributed by atoms with van der Waals surface area (Å²) in [6.07, 6.45) is 1.83. The van der Waals surface area contributed by atoms with Crippen LogP contribution in [0.1, 0.15) is 109 Å². The fraction of sp³-hybridized carbons (Fsp3) is 0.424. The lowest BCUT2D eigenvalue weighted by Gasteiger charge is -2.27. The molecule has 3 heteroatoms. The van der Waals surface area contributed by atoms with Gasteiger partial charge in [-0.2, -0.15) is 0 Å². The average molecular weight is 502 g/mol. The Morgan fingerprint density at radius 1 is 0.778 bits per heavy atom. The number of nitrogens with zero attached hydrogens (tertiary/aromatic N) is 1. The molecule has 1 N–H and O–H groups in total. The molecule has 0 spiro atoms. The molecule has 3 aromatic rings. The van der Waals surface area contributed by atoms with Crippen molar-refractivity contribution in [1.29, 1.82) is 0 Å². The van der Waals surface area contributed by atoms with Crippen LogP contribution >= 0.6 is 11.8 Å². The number of benzene rings is 3. The molecule has 3 aromatic carbocycles. The van der Waals surface area contributed by atoms with E-state index in [0.29, 0.717) is 17.6 Å². The Morgan fingerprint density at radius 3 is 1.89 bits per heavy atom. The summed E-state index contributed by atoms with van der Waals surface area (Å²) < 4.78 is 0. The third-order valence-corrected chi connectivity index (χ3v) is 7.79. The third kappa shape index (κ3) is 6.42. The van der Waals surface area contributed by atoms with Crippen molar-refractivity contribution < 1.29 is 5.11 Å². The SMILES string of the molecule is CC(C)c1cccc(C(C)C)c1Sc1ccccc1N=Cc1cc(C(C)(C)C)cc(C(C)(C)C)c1O. The molecule has 0 radical (unpaired) electrons. The Morgan fingerprint density at radius 2 is 1.36 bits per heavy atom. The fourth-order valence-corrected chi connectivity index (χ4v) is 5.69. The maximum Gasteiger partial charge on any atom is 0.128 e. The smallest absolute Gasteiger partial charge is 0.128 e. The van der Waals surface area contributed by atoms with E-state index in [1.54, 1.807) is 11.8 Å². The van der Waals surface area contributed by atoms with Crippen LogP contribution in [0, 0.1) is 0 Å². The lowest BCUT2D eigenvalue weighted by atomic mass is 9.79. The van der Waals surface area contributed by atoms with Gasteiger partial charge in [0.05, 0.1) is 5.69 Å². The van der Waals surface area contributed by atoms with Crippen molar-refractivity contribution in [3.63, 3.8) is 0 Å². The minimum absolute atomic E-state index is 0.0299. The summed E-state index contributed by atoms with van der Waals surface area (Å²) >= 11 is 1.80. The van der Waals surface area contributed by atoms with Crippen molar-refractivity contribution >= 4 is 23.7 Å². The van der Waals surface area contributed by atoms with Crippen LogP contribution in [0.25, 0.3) is 0 Å². The van der Waals surface area contributed by atoms with Crippen LogP contribution in [0.15, 0.2) is 69.4 Å². The second-order valence-electron chi connectivity index (χ2n) is 12.4. The first-order chi connectivity index (χ1) is 16.7. The molecule has 36 heavy (non-hydrogen) atoms. The highest BCUT2D eigenvalue weighted by atomic mass is 32.2. The predicted molar refractivity (Wildman–Crippen MR) is 158 cm³/mol. The summed E-state index contributed by atoms with van der Waals surface area (Å²) in [6, 6.07) is 19.2. The number of hydrogen-bond acceptors (Lipinski definition) is 3. The number of rotatable bonds is 6. The van der Waals surface area contributed by atoms with Gasteiger partial charge in [-0.15, -0.1) is 0 Å². The minimum atomic E-state index is -0.171. The van der Waals surface area contributed by atoms with Gasteiger partial charge in [-0.25, -0.2) is 0 Å². The lowest BCUT2D eigenvalue weighted by Crippen LogP contribution is -2.17. The summed E-state index contributed by atoms with van der Waals surface area (Å²) in [7, 11) is 0. The van der Waals surface area contributed by atoms with Crippen molar-refractivity contribution in [2.24, 2.45) is 4.99 Å². The summed E-state index contributed by atoms with van der Waals surface area (Å²) in [6.45, 7) is 22.1. The standard InChI is InChI=1S/C33H43NOS/c1-21(2)25-14-13-15-26(22(3)4)31(25)36-29-17-12-11-16-28(29)34-20-23-18-24(32(5,6)7)19-27(30(23)35)33(8,9)10/h11-22,35H,1-10H3. The zero-order valence-electron chi connectivity index (χ0n) is 23.7. The molecule has 0 aliphatic carbocycles. The molecule has 0 saturated carbocycles. The Labute approximate surface area is 223 Å². The number of phenols is 1. The predicted octanol–water partition coefficient (Wildman–Crippen LogP) is 10.1. The number of aliphatic imine (C=N–C) groups is 1. The van der Waals surface area contributed by atoms with Crippen LogP contribution in [-0.2, 0) is 10.8 Å². The van der Waals surface area contributed by atoms with E-state index in [2.05, 4.69) is 118 Å². The molecule has 0 fully saturated rings. The van der Waals surface area contributed by atoms with E-state index in [1.807, 2.05) is 12.3 Å². The van der Waals surface area contributed by atoms with E-state index in [4.69, 9.17) is 4.99 Å². The molecule has 0 unspecified atom stereocenters. The number of phenolic OH excluding ortho intramolecular Hbond substituents is 1. The van der Waals surface area contributed by atoms with E-state index in [-0.39, 0.29) is 10.8 Å². The van der Waals surface area contributed by atoms with Crippen molar-refractivity contribution in [1.82, 2.24) is 0 Å². The van der Waals surface area contributed by atoms with Gasteiger partial charge in [0.25, 0.3) is 0 Å². The molecular weight excluding hydrogens is 458 g/mol. The second kappa shape index (κ2) is 10.8. The molecule has 0 saturated heterocycles. The number of aromatic hydroxyl groups is 1. The first-order valence-corrected chi connectivity index (χ1v) is 13.8. The maximum atomic E-state index is 11.2. The van der Waals surface area contributed by atoms with E-state index >= 15 is 0 Å². The Bertz CT molecular complexity index is 1210. The summed E-state index contributed by atoms with van der Waals surface area (Å²) in [5.74, 6) is 1.20. The van der Waals surface area contributed by atoms with Gasteiger partial charge in [-0.1, -0.05) is 117 Å². The van der Waals surface area contributed by atoms with Crippen LogP contribution in [0.4, 0.5) is 5.69 Å². The molecule has 0 aliphatic rings. The molecule has 0 atom stereocenters. The van der Waals surface area contributed by atoms with Crippen molar-refractivity contribution in [3.05, 3.63) is 82.4 Å². The molecule has 3 rings (SSSR count). The van der Waals surface area contributed by atoms with E-state index in [9.17, 15) is 5.11 Å². The van der Waals surface area contributed by atoms with E-state index in [1.165, 1.54) is 21.6 Å². The van der Waals surface area contributed by atoms with Crippen LogP contribution in [0.5, 0.6) is 5.75 Å². The summed E-state index contributed by atoms with van der Waals surface area (Å²) in [4.78, 5) is 7.37. The highest BCUT2D eigenvalue weighted by Crippen LogP contribution is 2.43. The first kappa shape index (κ1) is 28.1. The number of para-hydroxylation sites is 1. The van der Waals surface area contributed by atoms with Crippen LogP contribution in [0.2, 0.25) is 0 Å². The second-order valence-corrected chi connectivity index (χ2v) is 13.4. The van der Waals surface area contributed by atoms with Crippen molar-refractivity contribution in [3.8, 4) is 5.75 Å². The Kier molecular flexibility index (Phi) is 8.45. The van der Waals surface area contributed by atoms with Gasteiger partial charge in [0.15, 0.2) is 0 Å². The van der Waals surface area contributed by atoms with Crippen molar-refractivity contribution in [2.45, 2.75) is 102 Å². The zero-order valence-corrected chi connectivity index (χ0v) is 24.5. The number of hydrogen-bond donors (Lipinski definition) is 1. The molecule has 0 aliphatic heterocycles. The normalized spacial score (nSPS) is 12.8. The minimum Gasteiger partial charge on any atom is -0.507 e. The van der Waals surface area contributed by atoms with Gasteiger partial charge in [0.2, 0.25) is 0 Å². The Balaban J connectivity index is 2.10. The topological polar surface area (TPSA) is 32.6 Å². The van der Waals surface area contributed by atoms with Gasteiger partial charge in [-0.3, -0.25) is 4.99 Å². The average Bonchev–Trinajstić information content (AvgIpc) is 2.77. The highest BCUT2D eigenvalue weighted by molar-refractivity contribution is 7.99.